The highest BCUT2D eigenvalue weighted by atomic mass is 32.2. The van der Waals surface area contributed by atoms with Gasteiger partial charge in [-0.15, -0.1) is 0 Å². The van der Waals surface area contributed by atoms with Gasteiger partial charge in [-0.25, -0.2) is 9.97 Å². The Labute approximate surface area is 139 Å². The second kappa shape index (κ2) is 6.58. The van der Waals surface area contributed by atoms with E-state index in [9.17, 15) is 4.79 Å². The van der Waals surface area contributed by atoms with Crippen LogP contribution in [0.25, 0.3) is 21.9 Å². The van der Waals surface area contributed by atoms with Gasteiger partial charge in [-0.05, 0) is 32.9 Å². The molecule has 0 bridgehead atoms. The summed E-state index contributed by atoms with van der Waals surface area (Å²) in [5, 5.41) is 1.92. The van der Waals surface area contributed by atoms with Gasteiger partial charge in [0.05, 0.1) is 11.3 Å². The molecule has 0 radical (unpaired) electrons. The zero-order valence-corrected chi connectivity index (χ0v) is 14.4. The van der Waals surface area contributed by atoms with Gasteiger partial charge in [0.2, 0.25) is 5.91 Å². The third kappa shape index (κ3) is 3.03. The number of carbonyl (C=O) groups is 1. The van der Waals surface area contributed by atoms with E-state index in [-0.39, 0.29) is 5.91 Å². The summed E-state index contributed by atoms with van der Waals surface area (Å²) in [5.74, 6) is 0.529. The van der Waals surface area contributed by atoms with Crippen LogP contribution in [0.3, 0.4) is 0 Å². The molecule has 1 N–H and O–H groups in total. The fraction of sp³-hybridized carbons (Fsp3) is 0.353. The van der Waals surface area contributed by atoms with Crippen molar-refractivity contribution in [1.82, 2.24) is 19.9 Å². The Bertz CT molecular complexity index is 854. The number of hydrogen-bond donors (Lipinski definition) is 1. The lowest BCUT2D eigenvalue weighted by Crippen LogP contribution is -2.31. The molecule has 0 aliphatic carbocycles. The highest BCUT2D eigenvalue weighted by molar-refractivity contribution is 8.00. The summed E-state index contributed by atoms with van der Waals surface area (Å²) in [6.07, 6.45) is 1.57. The minimum Gasteiger partial charge on any atom is -0.351 e. The van der Waals surface area contributed by atoms with E-state index in [1.165, 1.54) is 17.3 Å². The molecule has 120 valence electrons. The zero-order valence-electron chi connectivity index (χ0n) is 13.6. The third-order valence-electron chi connectivity index (χ3n) is 3.95. The van der Waals surface area contributed by atoms with E-state index >= 15 is 0 Å². The molecule has 2 aromatic heterocycles. The quantitative estimate of drug-likeness (QED) is 0.576. The average molecular weight is 328 g/mol. The number of amides is 1. The van der Waals surface area contributed by atoms with Crippen LogP contribution >= 0.6 is 11.8 Å². The molecule has 0 aliphatic rings. The normalized spacial score (nSPS) is 11.3. The Kier molecular flexibility index (Phi) is 4.52. The van der Waals surface area contributed by atoms with Crippen LogP contribution in [0.1, 0.15) is 19.4 Å². The molecule has 1 aromatic carbocycles. The van der Waals surface area contributed by atoms with Crippen molar-refractivity contribution in [2.24, 2.45) is 0 Å². The maximum Gasteiger partial charge on any atom is 0.232 e. The molecule has 3 rings (SSSR count). The van der Waals surface area contributed by atoms with E-state index in [0.717, 1.165) is 40.1 Å². The molecular formula is C17H20N4OS. The van der Waals surface area contributed by atoms with Crippen LogP contribution in [-0.2, 0) is 4.79 Å². The van der Waals surface area contributed by atoms with Crippen LogP contribution in [0, 0.1) is 6.92 Å². The zero-order chi connectivity index (χ0) is 16.4. The predicted molar refractivity (Wildman–Crippen MR) is 94.8 cm³/mol. The highest BCUT2D eigenvalue weighted by Gasteiger charge is 2.14. The van der Waals surface area contributed by atoms with Gasteiger partial charge in [0, 0.05) is 24.0 Å². The number of aromatic amines is 1. The number of aromatic nitrogens is 3. The second-order valence-corrected chi connectivity index (χ2v) is 6.40. The number of carbonyl (C=O) groups excluding carboxylic acids is 1. The lowest BCUT2D eigenvalue weighted by Gasteiger charge is -2.17. The van der Waals surface area contributed by atoms with Crippen molar-refractivity contribution in [3.05, 3.63) is 30.1 Å². The maximum absolute atomic E-state index is 12.2. The number of H-pyrrole nitrogens is 1. The molecule has 23 heavy (non-hydrogen) atoms. The highest BCUT2D eigenvalue weighted by Crippen LogP contribution is 2.30. The summed E-state index contributed by atoms with van der Waals surface area (Å²) in [5.41, 5.74) is 4.06. The molecule has 0 aliphatic heterocycles. The Morgan fingerprint density at radius 1 is 1.26 bits per heavy atom. The molecule has 6 heteroatoms. The Morgan fingerprint density at radius 3 is 2.78 bits per heavy atom. The van der Waals surface area contributed by atoms with Crippen LogP contribution < -0.4 is 0 Å². The van der Waals surface area contributed by atoms with Gasteiger partial charge >= 0.3 is 0 Å². The van der Waals surface area contributed by atoms with Crippen LogP contribution in [-0.4, -0.2) is 44.6 Å². The van der Waals surface area contributed by atoms with Gasteiger partial charge in [-0.1, -0.05) is 23.4 Å². The van der Waals surface area contributed by atoms with Crippen molar-refractivity contribution in [3.8, 4) is 0 Å². The number of nitrogens with zero attached hydrogens (tertiary/aromatic N) is 3. The molecule has 0 saturated carbocycles. The van der Waals surface area contributed by atoms with Crippen molar-refractivity contribution in [3.63, 3.8) is 0 Å². The van der Waals surface area contributed by atoms with Crippen molar-refractivity contribution >= 4 is 39.6 Å². The second-order valence-electron chi connectivity index (χ2n) is 5.43. The minimum absolute atomic E-state index is 0.138. The summed E-state index contributed by atoms with van der Waals surface area (Å²) in [7, 11) is 0. The van der Waals surface area contributed by atoms with E-state index < -0.39 is 0 Å². The largest absolute Gasteiger partial charge is 0.351 e. The smallest absolute Gasteiger partial charge is 0.232 e. The Morgan fingerprint density at radius 2 is 2.04 bits per heavy atom. The fourth-order valence-electron chi connectivity index (χ4n) is 2.69. The molecule has 0 fully saturated rings. The number of fused-ring (bicyclic) bond motifs is 3. The monoisotopic (exact) mass is 328 g/mol. The Balaban J connectivity index is 1.92. The first-order chi connectivity index (χ1) is 11.1. The first kappa shape index (κ1) is 15.8. The number of benzene rings is 1. The summed E-state index contributed by atoms with van der Waals surface area (Å²) in [6, 6.07) is 6.25. The van der Waals surface area contributed by atoms with E-state index in [1.54, 1.807) is 6.33 Å². The van der Waals surface area contributed by atoms with Crippen LogP contribution in [0.15, 0.2) is 29.6 Å². The van der Waals surface area contributed by atoms with Crippen LogP contribution in [0.2, 0.25) is 0 Å². The number of rotatable bonds is 5. The number of hydrogen-bond acceptors (Lipinski definition) is 4. The predicted octanol–water partition coefficient (Wildman–Crippen LogP) is 3.38. The first-order valence-electron chi connectivity index (χ1n) is 7.77. The van der Waals surface area contributed by atoms with Gasteiger partial charge in [0.25, 0.3) is 0 Å². The number of aryl methyl sites for hydroxylation is 1. The van der Waals surface area contributed by atoms with Gasteiger partial charge in [0.15, 0.2) is 0 Å². The van der Waals surface area contributed by atoms with Crippen molar-refractivity contribution < 1.29 is 4.79 Å². The van der Waals surface area contributed by atoms with E-state index in [4.69, 9.17) is 0 Å². The minimum atomic E-state index is 0.138. The van der Waals surface area contributed by atoms with Gasteiger partial charge in [0.1, 0.15) is 16.9 Å². The molecule has 0 unspecified atom stereocenters. The van der Waals surface area contributed by atoms with Crippen molar-refractivity contribution in [2.45, 2.75) is 25.8 Å². The van der Waals surface area contributed by atoms with E-state index in [2.05, 4.69) is 40.1 Å². The third-order valence-corrected chi connectivity index (χ3v) is 4.93. The van der Waals surface area contributed by atoms with Crippen molar-refractivity contribution in [1.29, 1.82) is 0 Å². The summed E-state index contributed by atoms with van der Waals surface area (Å²) < 4.78 is 0. The molecule has 3 aromatic rings. The lowest BCUT2D eigenvalue weighted by atomic mass is 10.2. The average Bonchev–Trinajstić information content (AvgIpc) is 2.92. The summed E-state index contributed by atoms with van der Waals surface area (Å²) in [6.45, 7) is 7.53. The number of nitrogens with one attached hydrogen (secondary N) is 1. The lowest BCUT2D eigenvalue weighted by molar-refractivity contribution is -0.127. The maximum atomic E-state index is 12.2. The summed E-state index contributed by atoms with van der Waals surface area (Å²) in [4.78, 5) is 26.2. The van der Waals surface area contributed by atoms with Gasteiger partial charge in [-0.2, -0.15) is 0 Å². The summed E-state index contributed by atoms with van der Waals surface area (Å²) >= 11 is 1.46. The number of thioether (sulfide) groups is 1. The fourth-order valence-corrected chi connectivity index (χ4v) is 3.55. The van der Waals surface area contributed by atoms with E-state index in [0.29, 0.717) is 5.75 Å². The molecule has 0 saturated heterocycles. The topological polar surface area (TPSA) is 61.9 Å². The van der Waals surface area contributed by atoms with Crippen LogP contribution in [0.4, 0.5) is 0 Å². The molecule has 1 amide bonds. The molecule has 0 spiro atoms. The standard InChI is InChI=1S/C17H20N4OS/c1-4-21(5-2)14(22)9-23-17-16-15(18-10-19-17)12-8-11(3)6-7-13(12)20-16/h6-8,10,20H,4-5,9H2,1-3H3. The molecular weight excluding hydrogens is 308 g/mol. The van der Waals surface area contributed by atoms with Gasteiger partial charge in [-0.3, -0.25) is 4.79 Å². The van der Waals surface area contributed by atoms with Crippen molar-refractivity contribution in [2.75, 3.05) is 18.8 Å². The molecule has 0 atom stereocenters. The van der Waals surface area contributed by atoms with Gasteiger partial charge < -0.3 is 9.88 Å². The molecule has 5 nitrogen and oxygen atoms in total. The van der Waals surface area contributed by atoms with Crippen LogP contribution in [0.5, 0.6) is 0 Å². The SMILES string of the molecule is CCN(CC)C(=O)CSc1ncnc2c1[nH]c1ccc(C)cc12. The van der Waals surface area contributed by atoms with E-state index in [1.807, 2.05) is 18.7 Å². The molecule has 2 heterocycles. The first-order valence-corrected chi connectivity index (χ1v) is 8.76. The Hall–Kier alpha value is -2.08.